The lowest BCUT2D eigenvalue weighted by Gasteiger charge is -2.40. The van der Waals surface area contributed by atoms with Crippen LogP contribution >= 0.6 is 0 Å². The first-order valence-corrected chi connectivity index (χ1v) is 11.6. The lowest BCUT2D eigenvalue weighted by molar-refractivity contribution is 0.0115. The van der Waals surface area contributed by atoms with Crippen LogP contribution in [0, 0.1) is 0 Å². The Kier molecular flexibility index (Phi) is 4.92. The Morgan fingerprint density at radius 1 is 1.12 bits per heavy atom. The van der Waals surface area contributed by atoms with Crippen molar-refractivity contribution in [2.45, 2.75) is 25.3 Å². The number of carboxylic acids is 1. The first-order chi connectivity index (χ1) is 16.1. The third-order valence-electron chi connectivity index (χ3n) is 7.29. The highest BCUT2D eigenvalue weighted by atomic mass is 16.5. The summed E-state index contributed by atoms with van der Waals surface area (Å²) in [4.78, 5) is 37.4. The number of fused-ring (bicyclic) bond motifs is 4. The molecule has 0 unspecified atom stereocenters. The van der Waals surface area contributed by atoms with E-state index in [4.69, 9.17) is 4.74 Å². The van der Waals surface area contributed by atoms with E-state index in [-0.39, 0.29) is 11.3 Å². The number of pyridine rings is 1. The number of H-pyrrole nitrogens is 1. The minimum Gasteiger partial charge on any atom is -0.478 e. The van der Waals surface area contributed by atoms with Crippen molar-refractivity contribution in [2.75, 3.05) is 44.3 Å². The summed E-state index contributed by atoms with van der Waals surface area (Å²) in [5.41, 5.74) is 3.97. The number of nitrogens with zero attached hydrogens (tertiary/aromatic N) is 3. The molecule has 0 radical (unpaired) electrons. The maximum absolute atomic E-state index is 13.3. The summed E-state index contributed by atoms with van der Waals surface area (Å²) >= 11 is 0. The number of hydrogen-bond acceptors (Lipinski definition) is 6. The van der Waals surface area contributed by atoms with Crippen LogP contribution in [0.5, 0.6) is 0 Å². The zero-order valence-electron chi connectivity index (χ0n) is 18.3. The molecule has 0 amide bonds. The lowest BCUT2D eigenvalue weighted by Crippen LogP contribution is -2.49. The summed E-state index contributed by atoms with van der Waals surface area (Å²) in [6, 6.07) is 7.52. The van der Waals surface area contributed by atoms with Crippen molar-refractivity contribution in [3.8, 4) is 0 Å². The molecule has 4 heterocycles. The minimum atomic E-state index is -0.981. The number of ketones is 1. The van der Waals surface area contributed by atoms with Crippen molar-refractivity contribution in [3.63, 3.8) is 0 Å². The molecule has 1 aliphatic carbocycles. The van der Waals surface area contributed by atoms with E-state index in [0.29, 0.717) is 29.1 Å². The first-order valence-electron chi connectivity index (χ1n) is 11.6. The minimum absolute atomic E-state index is 0.0503. The Bertz CT molecular complexity index is 1250. The molecule has 0 spiro atoms. The molecule has 2 fully saturated rings. The monoisotopic (exact) mass is 446 g/mol. The molecule has 0 atom stereocenters. The van der Waals surface area contributed by atoms with E-state index in [1.807, 2.05) is 0 Å². The summed E-state index contributed by atoms with van der Waals surface area (Å²) in [6.45, 7) is 5.60. The molecule has 33 heavy (non-hydrogen) atoms. The van der Waals surface area contributed by atoms with E-state index < -0.39 is 5.97 Å². The zero-order valence-corrected chi connectivity index (χ0v) is 18.3. The molecule has 0 bridgehead atoms. The van der Waals surface area contributed by atoms with Gasteiger partial charge >= 0.3 is 5.97 Å². The van der Waals surface area contributed by atoms with Gasteiger partial charge in [0.15, 0.2) is 5.78 Å². The van der Waals surface area contributed by atoms with Gasteiger partial charge in [0.1, 0.15) is 5.82 Å². The second-order valence-corrected chi connectivity index (χ2v) is 9.12. The average molecular weight is 447 g/mol. The molecule has 6 rings (SSSR count). The SMILES string of the molecule is O=C(O)c1ccc2c3c([nH]c2c1)Cc1cc(N2CCC(N4CCOCC4)CC2)ncc1C3=O. The van der Waals surface area contributed by atoms with Crippen LogP contribution in [0.25, 0.3) is 10.9 Å². The smallest absolute Gasteiger partial charge is 0.335 e. The summed E-state index contributed by atoms with van der Waals surface area (Å²) in [5, 5.41) is 10.0. The van der Waals surface area contributed by atoms with Gasteiger partial charge in [-0.25, -0.2) is 9.78 Å². The fourth-order valence-corrected chi connectivity index (χ4v) is 5.51. The maximum Gasteiger partial charge on any atom is 0.335 e. The van der Waals surface area contributed by atoms with E-state index in [1.165, 1.54) is 0 Å². The number of benzene rings is 1. The van der Waals surface area contributed by atoms with Gasteiger partial charge in [-0.05, 0) is 36.6 Å². The Balaban J connectivity index is 1.24. The number of carboxylic acid groups (broad SMARTS) is 1. The normalized spacial score (nSPS) is 19.5. The summed E-state index contributed by atoms with van der Waals surface area (Å²) in [6.07, 6.45) is 4.53. The first kappa shape index (κ1) is 20.4. The van der Waals surface area contributed by atoms with E-state index in [9.17, 15) is 14.7 Å². The summed E-state index contributed by atoms with van der Waals surface area (Å²) in [7, 11) is 0. The van der Waals surface area contributed by atoms with Crippen molar-refractivity contribution in [1.29, 1.82) is 0 Å². The number of carbonyl (C=O) groups excluding carboxylic acids is 1. The van der Waals surface area contributed by atoms with Gasteiger partial charge in [0.25, 0.3) is 0 Å². The fraction of sp³-hybridized carbons (Fsp3) is 0.400. The fourth-order valence-electron chi connectivity index (χ4n) is 5.51. The van der Waals surface area contributed by atoms with Crippen LogP contribution in [0.15, 0.2) is 30.5 Å². The van der Waals surface area contributed by atoms with Gasteiger partial charge in [-0.2, -0.15) is 0 Å². The molecule has 2 N–H and O–H groups in total. The number of rotatable bonds is 3. The van der Waals surface area contributed by atoms with Crippen LogP contribution in [0.3, 0.4) is 0 Å². The predicted octanol–water partition coefficient (Wildman–Crippen LogP) is 2.70. The van der Waals surface area contributed by atoms with Gasteiger partial charge in [-0.3, -0.25) is 9.69 Å². The van der Waals surface area contributed by atoms with Crippen molar-refractivity contribution in [1.82, 2.24) is 14.9 Å². The quantitative estimate of drug-likeness (QED) is 0.499. The highest BCUT2D eigenvalue weighted by Gasteiger charge is 2.30. The predicted molar refractivity (Wildman–Crippen MR) is 123 cm³/mol. The van der Waals surface area contributed by atoms with Gasteiger partial charge in [0.05, 0.1) is 24.3 Å². The van der Waals surface area contributed by atoms with E-state index in [1.54, 1.807) is 24.4 Å². The highest BCUT2D eigenvalue weighted by Crippen LogP contribution is 2.34. The van der Waals surface area contributed by atoms with Gasteiger partial charge in [0, 0.05) is 67.0 Å². The molecule has 2 saturated heterocycles. The standard InChI is InChI=1S/C25H26N4O4/c30-24-19-14-26-22(29-5-3-17(4-6-29)28-7-9-33-10-8-28)13-16(19)12-21-23(24)18-2-1-15(25(31)32)11-20(18)27-21/h1-2,11,13-14,17,27H,3-10,12H2,(H,31,32). The van der Waals surface area contributed by atoms with E-state index >= 15 is 0 Å². The number of piperidine rings is 1. The second-order valence-electron chi connectivity index (χ2n) is 9.12. The Morgan fingerprint density at radius 3 is 2.67 bits per heavy atom. The molecule has 3 aromatic rings. The topological polar surface area (TPSA) is 98.8 Å². The highest BCUT2D eigenvalue weighted by molar-refractivity contribution is 6.19. The third-order valence-corrected chi connectivity index (χ3v) is 7.29. The largest absolute Gasteiger partial charge is 0.478 e. The Morgan fingerprint density at radius 2 is 1.91 bits per heavy atom. The number of carbonyl (C=O) groups is 2. The molecule has 170 valence electrons. The molecule has 1 aromatic carbocycles. The van der Waals surface area contributed by atoms with E-state index in [2.05, 4.69) is 25.8 Å². The maximum atomic E-state index is 13.3. The molecule has 0 saturated carbocycles. The van der Waals surface area contributed by atoms with Crippen LogP contribution in [0.1, 0.15) is 50.4 Å². The van der Waals surface area contributed by atoms with Crippen LogP contribution in [-0.2, 0) is 11.2 Å². The molecule has 2 aliphatic heterocycles. The molecule has 8 nitrogen and oxygen atoms in total. The zero-order chi connectivity index (χ0) is 22.5. The molecule has 3 aliphatic rings. The van der Waals surface area contributed by atoms with Crippen molar-refractivity contribution in [2.24, 2.45) is 0 Å². The molecular weight excluding hydrogens is 420 g/mol. The number of nitrogens with one attached hydrogen (secondary N) is 1. The number of aromatic nitrogens is 2. The number of hydrogen-bond donors (Lipinski definition) is 2. The molecule has 8 heteroatoms. The van der Waals surface area contributed by atoms with Crippen molar-refractivity contribution in [3.05, 3.63) is 58.4 Å². The van der Waals surface area contributed by atoms with Crippen molar-refractivity contribution >= 4 is 28.5 Å². The van der Waals surface area contributed by atoms with Gasteiger partial charge in [-0.15, -0.1) is 0 Å². The lowest BCUT2D eigenvalue weighted by atomic mass is 9.88. The van der Waals surface area contributed by atoms with Crippen LogP contribution in [-0.4, -0.2) is 77.2 Å². The van der Waals surface area contributed by atoms with Crippen molar-refractivity contribution < 1.29 is 19.4 Å². The number of morpholine rings is 1. The second kappa shape index (κ2) is 7.97. The van der Waals surface area contributed by atoms with Crippen LogP contribution < -0.4 is 4.90 Å². The van der Waals surface area contributed by atoms with Gasteiger partial charge in [-0.1, -0.05) is 6.07 Å². The molecular formula is C25H26N4O4. The Labute approximate surface area is 191 Å². The third kappa shape index (κ3) is 3.50. The van der Waals surface area contributed by atoms with Crippen LogP contribution in [0.2, 0.25) is 0 Å². The van der Waals surface area contributed by atoms with Gasteiger partial charge < -0.3 is 19.7 Å². The summed E-state index contributed by atoms with van der Waals surface area (Å²) < 4.78 is 5.48. The Hall–Kier alpha value is -3.23. The summed E-state index contributed by atoms with van der Waals surface area (Å²) in [5.74, 6) is -0.106. The van der Waals surface area contributed by atoms with E-state index in [0.717, 1.165) is 74.7 Å². The van der Waals surface area contributed by atoms with Gasteiger partial charge in [0.2, 0.25) is 0 Å². The number of anilines is 1. The number of ether oxygens (including phenoxy) is 1. The van der Waals surface area contributed by atoms with Crippen LogP contribution in [0.4, 0.5) is 5.82 Å². The number of aromatic carboxylic acids is 1. The number of aromatic amines is 1. The molecule has 2 aromatic heterocycles. The average Bonchev–Trinajstić information content (AvgIpc) is 3.22.